The average Bonchev–Trinajstić information content (AvgIpc) is 3.14. The molecule has 0 aliphatic carbocycles. The number of carbonyl (C=O) groups excluding carboxylic acids is 1. The molecule has 1 aromatic heterocycles. The highest BCUT2D eigenvalue weighted by molar-refractivity contribution is 7.86. The third-order valence-electron chi connectivity index (χ3n) is 5.96. The van der Waals surface area contributed by atoms with Crippen LogP contribution in [0.3, 0.4) is 0 Å². The largest absolute Gasteiger partial charge is 0.343 e. The monoisotopic (exact) mass is 419 g/mol. The smallest absolute Gasteiger partial charge is 0.282 e. The van der Waals surface area contributed by atoms with Crippen molar-refractivity contribution in [3.63, 3.8) is 0 Å². The summed E-state index contributed by atoms with van der Waals surface area (Å²) in [6.07, 6.45) is 2.54. The average molecular weight is 420 g/mol. The van der Waals surface area contributed by atoms with Crippen LogP contribution in [0, 0.1) is 0 Å². The number of fused-ring (bicyclic) bond motifs is 1. The zero-order chi connectivity index (χ0) is 20.6. The molecular formula is C20H29N5O3S. The lowest BCUT2D eigenvalue weighted by atomic mass is 9.98. The molecule has 3 heterocycles. The van der Waals surface area contributed by atoms with Gasteiger partial charge in [-0.25, -0.2) is 4.98 Å². The number of rotatable bonds is 5. The maximum Gasteiger partial charge on any atom is 0.282 e. The van der Waals surface area contributed by atoms with Crippen molar-refractivity contribution in [2.24, 2.45) is 0 Å². The van der Waals surface area contributed by atoms with E-state index in [1.54, 1.807) is 9.21 Å². The highest BCUT2D eigenvalue weighted by Crippen LogP contribution is 2.33. The number of carbonyl (C=O) groups is 1. The summed E-state index contributed by atoms with van der Waals surface area (Å²) in [5.74, 6) is 1.05. The number of piperidine rings is 1. The van der Waals surface area contributed by atoms with Crippen molar-refractivity contribution >= 4 is 27.7 Å². The number of aromatic nitrogens is 2. The van der Waals surface area contributed by atoms with Gasteiger partial charge in [-0.2, -0.15) is 17.0 Å². The first-order valence-corrected chi connectivity index (χ1v) is 11.7. The predicted octanol–water partition coefficient (Wildman–Crippen LogP) is 1.82. The van der Waals surface area contributed by atoms with Crippen molar-refractivity contribution in [2.45, 2.75) is 38.6 Å². The lowest BCUT2D eigenvalue weighted by Crippen LogP contribution is -2.54. The van der Waals surface area contributed by atoms with Gasteiger partial charge in [-0.1, -0.05) is 12.1 Å². The number of nitrogens with zero attached hydrogens (tertiary/aromatic N) is 5. The number of hydrogen-bond donors (Lipinski definition) is 0. The van der Waals surface area contributed by atoms with Gasteiger partial charge < -0.3 is 9.47 Å². The fourth-order valence-electron chi connectivity index (χ4n) is 4.46. The fourth-order valence-corrected chi connectivity index (χ4v) is 6.14. The molecule has 2 saturated heterocycles. The predicted molar refractivity (Wildman–Crippen MR) is 112 cm³/mol. The Kier molecular flexibility index (Phi) is 5.63. The van der Waals surface area contributed by atoms with Gasteiger partial charge in [0.2, 0.25) is 6.41 Å². The van der Waals surface area contributed by atoms with Crippen LogP contribution in [-0.2, 0) is 15.0 Å². The third-order valence-corrected chi connectivity index (χ3v) is 7.97. The van der Waals surface area contributed by atoms with Crippen molar-refractivity contribution in [3.8, 4) is 0 Å². The van der Waals surface area contributed by atoms with Gasteiger partial charge in [-0.15, -0.1) is 0 Å². The van der Waals surface area contributed by atoms with Gasteiger partial charge in [-0.3, -0.25) is 4.79 Å². The fraction of sp³-hybridized carbons (Fsp3) is 0.600. The van der Waals surface area contributed by atoms with Crippen molar-refractivity contribution in [3.05, 3.63) is 30.1 Å². The van der Waals surface area contributed by atoms with Gasteiger partial charge in [0.1, 0.15) is 5.82 Å². The quantitative estimate of drug-likeness (QED) is 0.693. The molecule has 1 atom stereocenters. The molecule has 0 N–H and O–H groups in total. The molecule has 2 fully saturated rings. The number of para-hydroxylation sites is 2. The summed E-state index contributed by atoms with van der Waals surface area (Å²) in [4.78, 5) is 17.4. The summed E-state index contributed by atoms with van der Waals surface area (Å²) in [6, 6.07) is 8.35. The van der Waals surface area contributed by atoms with Crippen LogP contribution in [0.1, 0.15) is 44.5 Å². The molecule has 0 saturated carbocycles. The number of imidazole rings is 1. The Labute approximate surface area is 172 Å². The van der Waals surface area contributed by atoms with Crippen molar-refractivity contribution in [1.29, 1.82) is 0 Å². The summed E-state index contributed by atoms with van der Waals surface area (Å²) in [5.41, 5.74) is 2.06. The summed E-state index contributed by atoms with van der Waals surface area (Å²) in [5, 5.41) is 0. The van der Waals surface area contributed by atoms with Crippen LogP contribution in [0.2, 0.25) is 0 Å². The minimum absolute atomic E-state index is 0.0737. The van der Waals surface area contributed by atoms with E-state index in [0.717, 1.165) is 36.1 Å². The molecule has 1 aromatic carbocycles. The van der Waals surface area contributed by atoms with Crippen LogP contribution in [0.4, 0.5) is 0 Å². The molecule has 29 heavy (non-hydrogen) atoms. The third kappa shape index (κ3) is 3.78. The van der Waals surface area contributed by atoms with E-state index in [4.69, 9.17) is 4.98 Å². The molecule has 8 nitrogen and oxygen atoms in total. The number of benzene rings is 1. The number of hydrogen-bond acceptors (Lipinski definition) is 4. The SMILES string of the molecule is CC(C)n1c(C2CCCN(S(=O)(=O)N3CCN(C=O)CC3)C2)nc2ccccc21. The van der Waals surface area contributed by atoms with Gasteiger partial charge in [0.15, 0.2) is 0 Å². The molecule has 2 aliphatic rings. The van der Waals surface area contributed by atoms with Crippen LogP contribution >= 0.6 is 0 Å². The van der Waals surface area contributed by atoms with E-state index in [2.05, 4.69) is 24.5 Å². The van der Waals surface area contributed by atoms with Crippen LogP contribution in [0.5, 0.6) is 0 Å². The molecule has 0 spiro atoms. The normalized spacial score (nSPS) is 22.4. The second-order valence-electron chi connectivity index (χ2n) is 8.17. The number of piperazine rings is 1. The van der Waals surface area contributed by atoms with E-state index in [1.807, 2.05) is 18.2 Å². The van der Waals surface area contributed by atoms with E-state index in [-0.39, 0.29) is 12.0 Å². The van der Waals surface area contributed by atoms with Crippen LogP contribution in [0.15, 0.2) is 24.3 Å². The molecule has 4 rings (SSSR count). The minimum atomic E-state index is -3.53. The first kappa shape index (κ1) is 20.3. The molecule has 9 heteroatoms. The minimum Gasteiger partial charge on any atom is -0.343 e. The lowest BCUT2D eigenvalue weighted by molar-refractivity contribution is -0.119. The summed E-state index contributed by atoms with van der Waals surface area (Å²) >= 11 is 0. The van der Waals surface area contributed by atoms with Crippen LogP contribution in [0.25, 0.3) is 11.0 Å². The van der Waals surface area contributed by atoms with Crippen LogP contribution in [-0.4, -0.2) is 77.2 Å². The molecule has 1 unspecified atom stereocenters. The number of amides is 1. The Bertz CT molecular complexity index is 979. The van der Waals surface area contributed by atoms with Gasteiger partial charge >= 0.3 is 0 Å². The van der Waals surface area contributed by atoms with E-state index in [0.29, 0.717) is 39.3 Å². The van der Waals surface area contributed by atoms with Gasteiger partial charge in [0, 0.05) is 51.2 Å². The molecule has 0 bridgehead atoms. The first-order chi connectivity index (χ1) is 13.9. The van der Waals surface area contributed by atoms with E-state index < -0.39 is 10.2 Å². The standard InChI is InChI=1S/C20H29N5O3S/c1-16(2)25-19-8-4-3-7-18(19)21-20(25)17-6-5-9-24(14-17)29(27,28)23-12-10-22(15-26)11-13-23/h3-4,7-8,15-17H,5-6,9-14H2,1-2H3. The topological polar surface area (TPSA) is 78.8 Å². The zero-order valence-electron chi connectivity index (χ0n) is 17.1. The molecule has 1 amide bonds. The zero-order valence-corrected chi connectivity index (χ0v) is 17.9. The van der Waals surface area contributed by atoms with Crippen molar-refractivity contribution in [2.75, 3.05) is 39.3 Å². The highest BCUT2D eigenvalue weighted by Gasteiger charge is 2.37. The molecule has 2 aliphatic heterocycles. The second kappa shape index (κ2) is 8.04. The Morgan fingerprint density at radius 3 is 2.48 bits per heavy atom. The summed E-state index contributed by atoms with van der Waals surface area (Å²) in [6.45, 7) is 6.87. The van der Waals surface area contributed by atoms with E-state index in [1.165, 1.54) is 4.31 Å². The first-order valence-electron chi connectivity index (χ1n) is 10.3. The van der Waals surface area contributed by atoms with Crippen molar-refractivity contribution < 1.29 is 13.2 Å². The van der Waals surface area contributed by atoms with E-state index >= 15 is 0 Å². The Morgan fingerprint density at radius 2 is 1.79 bits per heavy atom. The van der Waals surface area contributed by atoms with Gasteiger partial charge in [0.25, 0.3) is 10.2 Å². The maximum absolute atomic E-state index is 13.2. The Hall–Kier alpha value is -1.97. The summed E-state index contributed by atoms with van der Waals surface area (Å²) < 4.78 is 31.8. The van der Waals surface area contributed by atoms with Gasteiger partial charge in [0.05, 0.1) is 11.0 Å². The molecule has 2 aromatic rings. The van der Waals surface area contributed by atoms with Crippen molar-refractivity contribution in [1.82, 2.24) is 23.1 Å². The maximum atomic E-state index is 13.2. The molecule has 158 valence electrons. The second-order valence-corrected chi connectivity index (χ2v) is 10.1. The molecule has 0 radical (unpaired) electrons. The summed E-state index contributed by atoms with van der Waals surface area (Å²) in [7, 11) is -3.53. The Morgan fingerprint density at radius 1 is 1.07 bits per heavy atom. The lowest BCUT2D eigenvalue weighted by Gasteiger charge is -2.38. The van der Waals surface area contributed by atoms with Gasteiger partial charge in [-0.05, 0) is 38.8 Å². The Balaban J connectivity index is 1.58. The molecular weight excluding hydrogens is 390 g/mol. The van der Waals surface area contributed by atoms with Crippen LogP contribution < -0.4 is 0 Å². The van der Waals surface area contributed by atoms with E-state index in [9.17, 15) is 13.2 Å². The highest BCUT2D eigenvalue weighted by atomic mass is 32.2.